The number of H-pyrrole nitrogens is 2. The van der Waals surface area contributed by atoms with Gasteiger partial charge in [-0.2, -0.15) is 5.10 Å². The molecular formula is C31H31N7. The van der Waals surface area contributed by atoms with Crippen molar-refractivity contribution < 1.29 is 0 Å². The maximum Gasteiger partial charge on any atom is 0.116 e. The Balaban J connectivity index is 1.52. The molecule has 0 fully saturated rings. The number of rotatable bonds is 10. The predicted molar refractivity (Wildman–Crippen MR) is 156 cm³/mol. The smallest absolute Gasteiger partial charge is 0.116 e. The van der Waals surface area contributed by atoms with E-state index in [9.17, 15) is 0 Å². The predicted octanol–water partition coefficient (Wildman–Crippen LogP) is 7.33. The summed E-state index contributed by atoms with van der Waals surface area (Å²) in [6.45, 7) is 12.3. The first-order valence-corrected chi connectivity index (χ1v) is 12.8. The van der Waals surface area contributed by atoms with Gasteiger partial charge in [-0.1, -0.05) is 38.6 Å². The molecule has 0 atom stereocenters. The fourth-order valence-corrected chi connectivity index (χ4v) is 4.49. The van der Waals surface area contributed by atoms with Gasteiger partial charge in [-0.3, -0.25) is 20.1 Å². The molecule has 0 spiro atoms. The Hall–Kier alpha value is -4.78. The topological polar surface area (TPSA) is 95.2 Å². The Morgan fingerprint density at radius 2 is 1.97 bits per heavy atom. The SMILES string of the molecule is C=C/C(=C\C(=C/C)c1cc2c(-c3cc4c(-c5cccnc5)cncc4[nH]3)n[nH]c2cn1)NC(=C)CCCC. The number of hydrogen-bond acceptors (Lipinski definition) is 5. The van der Waals surface area contributed by atoms with Crippen LogP contribution >= 0.6 is 0 Å². The molecule has 0 aromatic carbocycles. The van der Waals surface area contributed by atoms with Crippen molar-refractivity contribution in [1.82, 2.24) is 35.5 Å². The first kappa shape index (κ1) is 24.9. The molecule has 5 rings (SSSR count). The zero-order valence-corrected chi connectivity index (χ0v) is 21.8. The van der Waals surface area contributed by atoms with Crippen LogP contribution in [0.3, 0.4) is 0 Å². The molecule has 3 N–H and O–H groups in total. The minimum absolute atomic E-state index is 0.825. The molecular weight excluding hydrogens is 470 g/mol. The molecule has 0 saturated heterocycles. The van der Waals surface area contributed by atoms with Gasteiger partial charge in [-0.15, -0.1) is 0 Å². The van der Waals surface area contributed by atoms with Crippen molar-refractivity contribution in [3.8, 4) is 22.5 Å². The zero-order valence-electron chi connectivity index (χ0n) is 21.8. The van der Waals surface area contributed by atoms with Crippen molar-refractivity contribution >= 4 is 27.4 Å². The summed E-state index contributed by atoms with van der Waals surface area (Å²) in [5, 5.41) is 13.2. The Kier molecular flexibility index (Phi) is 7.26. The Morgan fingerprint density at radius 3 is 2.74 bits per heavy atom. The third-order valence-corrected chi connectivity index (χ3v) is 6.51. The largest absolute Gasteiger partial charge is 0.359 e. The molecule has 5 aromatic heterocycles. The zero-order chi connectivity index (χ0) is 26.5. The first-order valence-electron chi connectivity index (χ1n) is 12.8. The Labute approximate surface area is 222 Å². The van der Waals surface area contributed by atoms with Crippen LogP contribution in [0.15, 0.2) is 98.0 Å². The number of nitrogens with one attached hydrogen (secondary N) is 3. The minimum Gasteiger partial charge on any atom is -0.359 e. The van der Waals surface area contributed by atoms with Gasteiger partial charge < -0.3 is 10.3 Å². The van der Waals surface area contributed by atoms with Crippen LogP contribution in [0.25, 0.3) is 49.9 Å². The average molecular weight is 502 g/mol. The summed E-state index contributed by atoms with van der Waals surface area (Å²) in [5.74, 6) is 0. The van der Waals surface area contributed by atoms with Gasteiger partial charge in [0.2, 0.25) is 0 Å². The molecule has 190 valence electrons. The van der Waals surface area contributed by atoms with E-state index >= 15 is 0 Å². The van der Waals surface area contributed by atoms with E-state index in [0.29, 0.717) is 0 Å². The summed E-state index contributed by atoms with van der Waals surface area (Å²) in [5.41, 5.74) is 9.26. The van der Waals surface area contributed by atoms with Gasteiger partial charge in [0.05, 0.1) is 34.8 Å². The lowest BCUT2D eigenvalue weighted by atomic mass is 10.1. The standard InChI is InChI=1S/C31H31N7/c1-5-8-10-20(4)35-23(7-3)13-21(6-2)27-15-25-30(19-34-27)37-38-31(25)28-14-24-26(17-33-18-29(24)36-28)22-11-9-12-32-16-22/h6-7,9,11-19,35-36H,3-5,8,10H2,1-2H3,(H,37,38)/b21-6+,23-13+. The van der Waals surface area contributed by atoms with Crippen LogP contribution in [0.4, 0.5) is 0 Å². The second kappa shape index (κ2) is 11.1. The van der Waals surface area contributed by atoms with Gasteiger partial charge in [0, 0.05) is 51.9 Å². The monoisotopic (exact) mass is 501 g/mol. The van der Waals surface area contributed by atoms with E-state index in [-0.39, 0.29) is 0 Å². The van der Waals surface area contributed by atoms with Crippen molar-refractivity contribution in [2.75, 3.05) is 0 Å². The van der Waals surface area contributed by atoms with E-state index in [0.717, 1.165) is 86.2 Å². The molecule has 0 radical (unpaired) electrons. The normalized spacial score (nSPS) is 12.3. The van der Waals surface area contributed by atoms with E-state index in [1.165, 1.54) is 0 Å². The van der Waals surface area contributed by atoms with Gasteiger partial charge in [0.15, 0.2) is 0 Å². The molecule has 0 aliphatic carbocycles. The van der Waals surface area contributed by atoms with Crippen molar-refractivity contribution in [3.63, 3.8) is 0 Å². The second-order valence-corrected chi connectivity index (χ2v) is 9.14. The van der Waals surface area contributed by atoms with Crippen LogP contribution in [0.2, 0.25) is 0 Å². The summed E-state index contributed by atoms with van der Waals surface area (Å²) in [4.78, 5) is 16.9. The summed E-state index contributed by atoms with van der Waals surface area (Å²) in [6.07, 6.45) is 18.2. The van der Waals surface area contributed by atoms with Gasteiger partial charge in [0.25, 0.3) is 0 Å². The third-order valence-electron chi connectivity index (χ3n) is 6.51. The quantitative estimate of drug-likeness (QED) is 0.174. The molecule has 0 bridgehead atoms. The van der Waals surface area contributed by atoms with Gasteiger partial charge in [-0.25, -0.2) is 0 Å². The Morgan fingerprint density at radius 1 is 1.08 bits per heavy atom. The summed E-state index contributed by atoms with van der Waals surface area (Å²) in [7, 11) is 0. The van der Waals surface area contributed by atoms with Crippen LogP contribution in [-0.4, -0.2) is 30.1 Å². The fourth-order valence-electron chi connectivity index (χ4n) is 4.49. The lowest BCUT2D eigenvalue weighted by molar-refractivity contribution is 0.751. The van der Waals surface area contributed by atoms with Crippen molar-refractivity contribution in [2.45, 2.75) is 33.1 Å². The number of fused-ring (bicyclic) bond motifs is 2. The lowest BCUT2D eigenvalue weighted by Crippen LogP contribution is -2.10. The molecule has 7 nitrogen and oxygen atoms in total. The van der Waals surface area contributed by atoms with Crippen molar-refractivity contribution in [3.05, 3.63) is 104 Å². The minimum atomic E-state index is 0.825. The first-order chi connectivity index (χ1) is 18.6. The highest BCUT2D eigenvalue weighted by Crippen LogP contribution is 2.33. The molecule has 0 saturated carbocycles. The van der Waals surface area contributed by atoms with Gasteiger partial charge in [-0.05, 0) is 55.7 Å². The van der Waals surface area contributed by atoms with Crippen LogP contribution in [0.5, 0.6) is 0 Å². The molecule has 5 heterocycles. The number of aromatic nitrogens is 6. The van der Waals surface area contributed by atoms with E-state index in [4.69, 9.17) is 4.98 Å². The van der Waals surface area contributed by atoms with Crippen molar-refractivity contribution in [2.24, 2.45) is 0 Å². The van der Waals surface area contributed by atoms with Crippen LogP contribution < -0.4 is 5.32 Å². The van der Waals surface area contributed by atoms with E-state index in [1.807, 2.05) is 56.0 Å². The average Bonchev–Trinajstić information content (AvgIpc) is 3.58. The van der Waals surface area contributed by atoms with Crippen LogP contribution in [0.1, 0.15) is 38.8 Å². The van der Waals surface area contributed by atoms with E-state index in [2.05, 4.69) is 62.7 Å². The third kappa shape index (κ3) is 5.04. The molecule has 0 aliphatic heterocycles. The maximum absolute atomic E-state index is 4.70. The van der Waals surface area contributed by atoms with Gasteiger partial charge >= 0.3 is 0 Å². The highest BCUT2D eigenvalue weighted by Gasteiger charge is 2.15. The maximum atomic E-state index is 4.70. The summed E-state index contributed by atoms with van der Waals surface area (Å²) >= 11 is 0. The molecule has 5 aromatic rings. The van der Waals surface area contributed by atoms with Crippen molar-refractivity contribution in [1.29, 1.82) is 0 Å². The number of aromatic amines is 2. The van der Waals surface area contributed by atoms with Crippen LogP contribution in [-0.2, 0) is 0 Å². The molecule has 0 amide bonds. The van der Waals surface area contributed by atoms with Gasteiger partial charge in [0.1, 0.15) is 5.69 Å². The van der Waals surface area contributed by atoms with Crippen LogP contribution in [0, 0.1) is 0 Å². The van der Waals surface area contributed by atoms with E-state index in [1.54, 1.807) is 12.3 Å². The number of nitrogens with zero attached hydrogens (tertiary/aromatic N) is 4. The lowest BCUT2D eigenvalue weighted by Gasteiger charge is -2.11. The molecule has 38 heavy (non-hydrogen) atoms. The second-order valence-electron chi connectivity index (χ2n) is 9.14. The van der Waals surface area contributed by atoms with E-state index < -0.39 is 0 Å². The molecule has 7 heteroatoms. The number of unbranched alkanes of at least 4 members (excludes halogenated alkanes) is 1. The molecule has 0 unspecified atom stereocenters. The Bertz CT molecular complexity index is 1670. The summed E-state index contributed by atoms with van der Waals surface area (Å²) in [6, 6.07) is 8.15. The highest BCUT2D eigenvalue weighted by atomic mass is 15.1. The number of allylic oxidation sites excluding steroid dienone is 5. The fraction of sp³-hybridized carbons (Fsp3) is 0.161. The number of hydrogen-bond donors (Lipinski definition) is 3. The number of pyridine rings is 3. The summed E-state index contributed by atoms with van der Waals surface area (Å²) < 4.78 is 0. The highest BCUT2D eigenvalue weighted by molar-refractivity contribution is 6.00. The molecule has 0 aliphatic rings.